The van der Waals surface area contributed by atoms with E-state index in [1.54, 1.807) is 0 Å². The molecular weight excluding hydrogens is 363 g/mol. The van der Waals surface area contributed by atoms with Crippen molar-refractivity contribution in [3.63, 3.8) is 0 Å². The van der Waals surface area contributed by atoms with E-state index in [2.05, 4.69) is 6.92 Å². The molecule has 0 bridgehead atoms. The van der Waals surface area contributed by atoms with Crippen LogP contribution in [-0.4, -0.2) is 29.4 Å². The molecule has 0 saturated carbocycles. The first-order valence-electron chi connectivity index (χ1n) is 10.0. The summed E-state index contributed by atoms with van der Waals surface area (Å²) >= 11 is 0. The first kappa shape index (κ1) is 28.7. The zero-order valence-electron chi connectivity index (χ0n) is 16.8. The molecule has 1 N–H and O–H groups in total. The van der Waals surface area contributed by atoms with E-state index in [-0.39, 0.29) is 57.5 Å². The van der Waals surface area contributed by atoms with E-state index in [0.29, 0.717) is 32.1 Å². The summed E-state index contributed by atoms with van der Waals surface area (Å²) < 4.78 is 33.4. The fourth-order valence-electron chi connectivity index (χ4n) is 3.17. The molecule has 0 aliphatic carbocycles. The van der Waals surface area contributed by atoms with E-state index < -0.39 is 15.4 Å². The average molecular weight is 403 g/mol. The minimum Gasteiger partial charge on any atom is -0.748 e. The quantitative estimate of drug-likeness (QED) is 0.230. The summed E-state index contributed by atoms with van der Waals surface area (Å²) in [7, 11) is -4.19. The first-order chi connectivity index (χ1) is 11.4. The fraction of sp³-hybridized carbons (Fsp3) is 1.00. The molecule has 0 radical (unpaired) electrons. The molecule has 2 atom stereocenters. The molecule has 0 aromatic carbocycles. The Morgan fingerprint density at radius 2 is 1.20 bits per heavy atom. The van der Waals surface area contributed by atoms with Crippen molar-refractivity contribution >= 4 is 10.1 Å². The Morgan fingerprint density at radius 1 is 0.720 bits per heavy atom. The van der Waals surface area contributed by atoms with Crippen LogP contribution in [0.25, 0.3) is 0 Å². The predicted octanol–water partition coefficient (Wildman–Crippen LogP) is 2.16. The van der Waals surface area contributed by atoms with Crippen LogP contribution in [0.2, 0.25) is 0 Å². The van der Waals surface area contributed by atoms with Gasteiger partial charge in [-0.15, -0.1) is 0 Å². The summed E-state index contributed by atoms with van der Waals surface area (Å²) in [4.78, 5) is 0. The third kappa shape index (κ3) is 18.6. The molecule has 6 heteroatoms. The van der Waals surface area contributed by atoms with Crippen molar-refractivity contribution < 1.29 is 69.5 Å². The summed E-state index contributed by atoms with van der Waals surface area (Å²) in [5.41, 5.74) is 0. The van der Waals surface area contributed by atoms with Crippen LogP contribution in [0.3, 0.4) is 0 Å². The van der Waals surface area contributed by atoms with Gasteiger partial charge < -0.3 is 9.66 Å². The molecule has 25 heavy (non-hydrogen) atoms. The Balaban J connectivity index is 0. The molecular formula is C19H39KO4S. The number of aliphatic hydroxyl groups excluding tert-OH is 1. The van der Waals surface area contributed by atoms with Crippen LogP contribution in [-0.2, 0) is 10.1 Å². The Kier molecular flexibility index (Phi) is 21.7. The van der Waals surface area contributed by atoms with E-state index in [1.165, 1.54) is 44.9 Å². The van der Waals surface area contributed by atoms with Crippen LogP contribution in [0.15, 0.2) is 0 Å². The molecule has 2 unspecified atom stereocenters. The predicted molar refractivity (Wildman–Crippen MR) is 100 cm³/mol. The van der Waals surface area contributed by atoms with Crippen LogP contribution in [0.1, 0.15) is 110 Å². The summed E-state index contributed by atoms with van der Waals surface area (Å²) in [5, 5.41) is 9.19. The van der Waals surface area contributed by atoms with Crippen molar-refractivity contribution in [2.45, 2.75) is 122 Å². The third-order valence-corrected chi connectivity index (χ3v) is 6.01. The van der Waals surface area contributed by atoms with Gasteiger partial charge in [0.2, 0.25) is 0 Å². The maximum absolute atomic E-state index is 11.1. The molecule has 0 saturated heterocycles. The van der Waals surface area contributed by atoms with Crippen molar-refractivity contribution in [2.24, 2.45) is 0 Å². The smallest absolute Gasteiger partial charge is 0.748 e. The van der Waals surface area contributed by atoms with Crippen molar-refractivity contribution in [3.05, 3.63) is 0 Å². The number of hydrogen-bond acceptors (Lipinski definition) is 4. The van der Waals surface area contributed by atoms with Crippen molar-refractivity contribution in [2.75, 3.05) is 0 Å². The van der Waals surface area contributed by atoms with Crippen molar-refractivity contribution in [3.8, 4) is 0 Å². The molecule has 0 aromatic heterocycles. The zero-order chi connectivity index (χ0) is 18.3. The molecule has 0 heterocycles. The fourth-order valence-corrected chi connectivity index (χ4v) is 4.15. The molecule has 0 aliphatic heterocycles. The second-order valence-electron chi connectivity index (χ2n) is 7.11. The van der Waals surface area contributed by atoms with Gasteiger partial charge in [0.25, 0.3) is 0 Å². The van der Waals surface area contributed by atoms with Gasteiger partial charge in [-0.3, -0.25) is 0 Å². The summed E-state index contributed by atoms with van der Waals surface area (Å²) in [6.07, 6.45) is 14.6. The molecule has 4 nitrogen and oxygen atoms in total. The number of rotatable bonds is 17. The SMILES string of the molecule is CCCCCCCCCCCC(O)CCCC(CCC)S(=O)(=O)[O-].[K+]. The second-order valence-corrected chi connectivity index (χ2v) is 8.76. The molecule has 0 fully saturated rings. The molecule has 0 amide bonds. The minimum atomic E-state index is -4.19. The van der Waals surface area contributed by atoms with Gasteiger partial charge in [-0.1, -0.05) is 78.1 Å². The Hall–Kier alpha value is 1.51. The Morgan fingerprint density at radius 3 is 1.68 bits per heavy atom. The Bertz CT molecular complexity index is 374. The number of unbranched alkanes of at least 4 members (excludes halogenated alkanes) is 8. The topological polar surface area (TPSA) is 77.4 Å². The van der Waals surface area contributed by atoms with Crippen molar-refractivity contribution in [1.29, 1.82) is 0 Å². The van der Waals surface area contributed by atoms with E-state index >= 15 is 0 Å². The van der Waals surface area contributed by atoms with Gasteiger partial charge in [0.15, 0.2) is 0 Å². The van der Waals surface area contributed by atoms with E-state index in [0.717, 1.165) is 19.3 Å². The monoisotopic (exact) mass is 402 g/mol. The van der Waals surface area contributed by atoms with Crippen molar-refractivity contribution in [1.82, 2.24) is 0 Å². The molecule has 0 aliphatic rings. The van der Waals surface area contributed by atoms with Crippen LogP contribution in [0, 0.1) is 0 Å². The first-order valence-corrected chi connectivity index (χ1v) is 11.5. The van der Waals surface area contributed by atoms with Gasteiger partial charge >= 0.3 is 51.4 Å². The Labute approximate surface area is 199 Å². The molecule has 0 aromatic rings. The van der Waals surface area contributed by atoms with Gasteiger partial charge in [0, 0.05) is 5.25 Å². The normalized spacial score (nSPS) is 14.1. The van der Waals surface area contributed by atoms with E-state index in [1.807, 2.05) is 6.92 Å². The van der Waals surface area contributed by atoms with Crippen LogP contribution in [0.5, 0.6) is 0 Å². The maximum atomic E-state index is 11.1. The summed E-state index contributed by atoms with van der Waals surface area (Å²) in [6, 6.07) is 0. The number of aliphatic hydroxyl groups is 1. The van der Waals surface area contributed by atoms with Gasteiger partial charge in [-0.05, 0) is 32.1 Å². The second kappa shape index (κ2) is 18.9. The van der Waals surface area contributed by atoms with Gasteiger partial charge in [0.1, 0.15) is 0 Å². The molecule has 0 spiro atoms. The van der Waals surface area contributed by atoms with Gasteiger partial charge in [-0.2, -0.15) is 0 Å². The standard InChI is InChI=1S/C19H40O4S.K/c1-3-5-6-7-8-9-10-11-12-15-18(20)16-13-17-19(14-4-2)24(21,22)23;/h18-20H,3-17H2,1-2H3,(H,21,22,23);/q;+1/p-1. The van der Waals surface area contributed by atoms with Crippen LogP contribution < -0.4 is 51.4 Å². The van der Waals surface area contributed by atoms with Gasteiger partial charge in [0.05, 0.1) is 16.2 Å². The summed E-state index contributed by atoms with van der Waals surface area (Å²) in [6.45, 7) is 4.12. The zero-order valence-corrected chi connectivity index (χ0v) is 20.8. The minimum absolute atomic E-state index is 0. The summed E-state index contributed by atoms with van der Waals surface area (Å²) in [5.74, 6) is 0. The number of hydrogen-bond donors (Lipinski definition) is 1. The van der Waals surface area contributed by atoms with E-state index in [9.17, 15) is 18.1 Å². The average Bonchev–Trinajstić information content (AvgIpc) is 2.51. The van der Waals surface area contributed by atoms with E-state index in [4.69, 9.17) is 0 Å². The molecule has 0 rings (SSSR count). The molecule has 146 valence electrons. The van der Waals surface area contributed by atoms with Gasteiger partial charge in [-0.25, -0.2) is 8.42 Å². The maximum Gasteiger partial charge on any atom is 1.00 e. The van der Waals surface area contributed by atoms with Crippen LogP contribution >= 0.6 is 0 Å². The third-order valence-electron chi connectivity index (χ3n) is 4.72. The largest absolute Gasteiger partial charge is 1.00 e. The van der Waals surface area contributed by atoms with Crippen LogP contribution in [0.4, 0.5) is 0 Å².